The van der Waals surface area contributed by atoms with E-state index in [0.717, 1.165) is 0 Å². The first-order valence-corrected chi connectivity index (χ1v) is 8.55. The van der Waals surface area contributed by atoms with E-state index in [-0.39, 0.29) is 0 Å². The van der Waals surface area contributed by atoms with Crippen LogP contribution in [0.2, 0.25) is 0 Å². The quantitative estimate of drug-likeness (QED) is 0.690. The molecule has 0 fully saturated rings. The van der Waals surface area contributed by atoms with Crippen LogP contribution in [0.1, 0.15) is 22.3 Å². The second kappa shape index (κ2) is 7.90. The third-order valence-corrected chi connectivity index (χ3v) is 4.05. The zero-order valence-corrected chi connectivity index (χ0v) is 15.2. The summed E-state index contributed by atoms with van der Waals surface area (Å²) in [5, 5.41) is 11.1. The molecule has 1 aromatic heterocycles. The highest BCUT2D eigenvalue weighted by Crippen LogP contribution is 2.06. The van der Waals surface area contributed by atoms with Crippen molar-refractivity contribution < 1.29 is 0 Å². The van der Waals surface area contributed by atoms with Crippen LogP contribution < -0.4 is 10.6 Å². The van der Waals surface area contributed by atoms with Crippen LogP contribution in [0.3, 0.4) is 0 Å². The largest absolute Gasteiger partial charge is 0.358 e. The maximum atomic E-state index is 5.30. The van der Waals surface area contributed by atoms with Gasteiger partial charge in [-0.2, -0.15) is 0 Å². The summed E-state index contributed by atoms with van der Waals surface area (Å²) in [7, 11) is 0. The molecule has 0 atom stereocenters. The lowest BCUT2D eigenvalue weighted by molar-refractivity contribution is 0.687. The average Bonchev–Trinajstić information content (AvgIpc) is 3.03. The summed E-state index contributed by atoms with van der Waals surface area (Å²) in [6, 6.07) is 16.7. The molecule has 2 N–H and O–H groups in total. The number of hydrogen-bond acceptors (Lipinski definition) is 3. The number of nitrogens with zero attached hydrogens (tertiary/aromatic N) is 3. The van der Waals surface area contributed by atoms with Gasteiger partial charge >= 0.3 is 0 Å². The van der Waals surface area contributed by atoms with Crippen molar-refractivity contribution in [1.82, 2.24) is 20.1 Å². The summed E-state index contributed by atoms with van der Waals surface area (Å²) in [5.41, 5.74) is 4.84. The summed E-state index contributed by atoms with van der Waals surface area (Å²) in [4.78, 5) is 4.25. The molecule has 128 valence electrons. The molecular weight excluding hydrogens is 330 g/mol. The van der Waals surface area contributed by atoms with Gasteiger partial charge in [-0.3, -0.25) is 5.32 Å². The fourth-order valence-corrected chi connectivity index (χ4v) is 2.51. The summed E-state index contributed by atoms with van der Waals surface area (Å²) >= 11 is 5.30. The first kappa shape index (κ1) is 17.1. The van der Waals surface area contributed by atoms with E-state index in [2.05, 4.69) is 83.1 Å². The van der Waals surface area contributed by atoms with Crippen LogP contribution in [-0.4, -0.2) is 19.9 Å². The number of aromatic nitrogens is 3. The number of rotatable bonds is 5. The van der Waals surface area contributed by atoms with E-state index in [9.17, 15) is 0 Å². The molecule has 3 rings (SSSR count). The number of hydrogen-bond donors (Lipinski definition) is 2. The van der Waals surface area contributed by atoms with Crippen molar-refractivity contribution in [2.45, 2.75) is 26.9 Å². The van der Waals surface area contributed by atoms with Crippen LogP contribution in [0.4, 0.5) is 5.95 Å². The van der Waals surface area contributed by atoms with Gasteiger partial charge in [-0.15, -0.1) is 5.10 Å². The van der Waals surface area contributed by atoms with E-state index >= 15 is 0 Å². The number of benzene rings is 2. The van der Waals surface area contributed by atoms with Crippen LogP contribution in [0, 0.1) is 13.8 Å². The number of anilines is 1. The predicted molar refractivity (Wildman–Crippen MR) is 105 cm³/mol. The molecule has 25 heavy (non-hydrogen) atoms. The molecule has 0 amide bonds. The Morgan fingerprint density at radius 2 is 1.56 bits per heavy atom. The lowest BCUT2D eigenvalue weighted by atomic mass is 10.1. The second-order valence-corrected chi connectivity index (χ2v) is 6.45. The van der Waals surface area contributed by atoms with Crippen molar-refractivity contribution in [1.29, 1.82) is 0 Å². The third kappa shape index (κ3) is 5.12. The maximum Gasteiger partial charge on any atom is 0.248 e. The van der Waals surface area contributed by atoms with Gasteiger partial charge in [0.15, 0.2) is 5.11 Å². The first-order valence-electron chi connectivity index (χ1n) is 8.14. The normalized spacial score (nSPS) is 10.5. The lowest BCUT2D eigenvalue weighted by Gasteiger charge is -2.08. The molecule has 2 aromatic carbocycles. The van der Waals surface area contributed by atoms with Gasteiger partial charge in [0.25, 0.3) is 0 Å². The molecule has 0 spiro atoms. The minimum atomic E-state index is 0.494. The summed E-state index contributed by atoms with van der Waals surface area (Å²) in [6.07, 6.45) is 1.70. The van der Waals surface area contributed by atoms with Crippen molar-refractivity contribution >= 4 is 23.3 Å². The van der Waals surface area contributed by atoms with E-state index in [4.69, 9.17) is 12.2 Å². The number of nitrogens with one attached hydrogen (secondary N) is 2. The van der Waals surface area contributed by atoms with Crippen molar-refractivity contribution in [2.24, 2.45) is 0 Å². The Morgan fingerprint density at radius 1 is 0.960 bits per heavy atom. The minimum absolute atomic E-state index is 0.494. The van der Waals surface area contributed by atoms with E-state index in [0.29, 0.717) is 24.2 Å². The molecule has 0 saturated heterocycles. The van der Waals surface area contributed by atoms with Crippen molar-refractivity contribution in [3.63, 3.8) is 0 Å². The van der Waals surface area contributed by atoms with Crippen molar-refractivity contribution in [2.75, 3.05) is 5.32 Å². The molecule has 0 aliphatic rings. The zero-order valence-electron chi connectivity index (χ0n) is 14.4. The highest BCUT2D eigenvalue weighted by atomic mass is 32.1. The molecule has 0 bridgehead atoms. The van der Waals surface area contributed by atoms with Gasteiger partial charge in [0.2, 0.25) is 5.95 Å². The van der Waals surface area contributed by atoms with Crippen LogP contribution in [-0.2, 0) is 13.1 Å². The topological polar surface area (TPSA) is 54.8 Å². The Bertz CT molecular complexity index is 837. The monoisotopic (exact) mass is 351 g/mol. The predicted octanol–water partition coefficient (Wildman–Crippen LogP) is 3.43. The van der Waals surface area contributed by atoms with E-state index < -0.39 is 0 Å². The van der Waals surface area contributed by atoms with Gasteiger partial charge in [0.05, 0.1) is 6.54 Å². The number of thiocarbonyl (C=S) groups is 1. The van der Waals surface area contributed by atoms with Gasteiger partial charge in [-0.25, -0.2) is 9.67 Å². The van der Waals surface area contributed by atoms with Crippen LogP contribution in [0.15, 0.2) is 54.9 Å². The summed E-state index contributed by atoms with van der Waals surface area (Å²) in [6.45, 7) is 5.49. The van der Waals surface area contributed by atoms with Crippen molar-refractivity contribution in [3.8, 4) is 0 Å². The minimum Gasteiger partial charge on any atom is -0.358 e. The van der Waals surface area contributed by atoms with E-state index in [1.54, 1.807) is 11.0 Å². The van der Waals surface area contributed by atoms with Crippen LogP contribution in [0.25, 0.3) is 0 Å². The van der Waals surface area contributed by atoms with Gasteiger partial charge in [-0.05, 0) is 37.2 Å². The zero-order chi connectivity index (χ0) is 17.6. The van der Waals surface area contributed by atoms with Crippen LogP contribution in [0.5, 0.6) is 0 Å². The molecule has 0 radical (unpaired) electrons. The summed E-state index contributed by atoms with van der Waals surface area (Å²) in [5.74, 6) is 0.494. The Labute approximate surface area is 153 Å². The Kier molecular flexibility index (Phi) is 5.40. The molecule has 0 unspecified atom stereocenters. The summed E-state index contributed by atoms with van der Waals surface area (Å²) < 4.78 is 1.79. The maximum absolute atomic E-state index is 5.30. The molecule has 6 heteroatoms. The molecule has 0 saturated carbocycles. The van der Waals surface area contributed by atoms with E-state index in [1.165, 1.54) is 22.3 Å². The second-order valence-electron chi connectivity index (χ2n) is 6.04. The van der Waals surface area contributed by atoms with Gasteiger partial charge in [0, 0.05) is 6.54 Å². The Hall–Kier alpha value is -2.73. The van der Waals surface area contributed by atoms with Gasteiger partial charge in [-0.1, -0.05) is 59.7 Å². The molecule has 1 heterocycles. The first-order chi connectivity index (χ1) is 12.1. The average molecular weight is 351 g/mol. The van der Waals surface area contributed by atoms with Crippen LogP contribution >= 0.6 is 12.2 Å². The lowest BCUT2D eigenvalue weighted by Crippen LogP contribution is -2.28. The van der Waals surface area contributed by atoms with Gasteiger partial charge in [0.1, 0.15) is 6.33 Å². The molecular formula is C19H21N5S. The SMILES string of the molecule is Cc1ccc(CNC(=S)Nc2ncn(Cc3ccc(C)cc3)n2)cc1. The molecule has 0 aliphatic carbocycles. The Balaban J connectivity index is 1.51. The standard InChI is InChI=1S/C19H21N5S/c1-14-3-7-16(8-4-14)11-20-19(25)22-18-21-13-24(23-18)12-17-9-5-15(2)6-10-17/h3-10,13H,11-12H2,1-2H3,(H2,20,22,23,25). The molecule has 0 aliphatic heterocycles. The third-order valence-electron chi connectivity index (χ3n) is 3.80. The molecule has 5 nitrogen and oxygen atoms in total. The van der Waals surface area contributed by atoms with Crippen molar-refractivity contribution in [3.05, 3.63) is 77.1 Å². The fourth-order valence-electron chi connectivity index (χ4n) is 2.34. The fraction of sp³-hybridized carbons (Fsp3) is 0.211. The smallest absolute Gasteiger partial charge is 0.248 e. The number of aryl methyl sites for hydroxylation is 2. The Morgan fingerprint density at radius 3 is 2.20 bits per heavy atom. The molecule has 3 aromatic rings. The van der Waals surface area contributed by atoms with E-state index in [1.807, 2.05) is 0 Å². The highest BCUT2D eigenvalue weighted by Gasteiger charge is 2.04. The highest BCUT2D eigenvalue weighted by molar-refractivity contribution is 7.80. The van der Waals surface area contributed by atoms with Gasteiger partial charge < -0.3 is 5.32 Å².